The van der Waals surface area contributed by atoms with Crippen LogP contribution in [0.1, 0.15) is 11.1 Å². The number of thioether (sulfide) groups is 1. The highest BCUT2D eigenvalue weighted by atomic mass is 79.9. The largest absolute Gasteiger partial charge is 0.454 e. The molecular weight excluding hydrogens is 392 g/mol. The van der Waals surface area contributed by atoms with E-state index in [4.69, 9.17) is 13.9 Å². The quantitative estimate of drug-likeness (QED) is 0.580. The molecule has 7 heteroatoms. The Bertz CT molecular complexity index is 897. The maximum atomic E-state index is 5.75. The van der Waals surface area contributed by atoms with Gasteiger partial charge in [0, 0.05) is 15.8 Å². The summed E-state index contributed by atoms with van der Waals surface area (Å²) in [4.78, 5) is 0. The van der Waals surface area contributed by atoms with Crippen molar-refractivity contribution < 1.29 is 13.9 Å². The molecule has 0 bridgehead atoms. The van der Waals surface area contributed by atoms with Gasteiger partial charge in [0.15, 0.2) is 11.5 Å². The van der Waals surface area contributed by atoms with Gasteiger partial charge in [0.1, 0.15) is 0 Å². The molecule has 0 radical (unpaired) electrons. The van der Waals surface area contributed by atoms with E-state index >= 15 is 0 Å². The van der Waals surface area contributed by atoms with Gasteiger partial charge in [0.05, 0.1) is 0 Å². The van der Waals surface area contributed by atoms with Crippen molar-refractivity contribution in [2.24, 2.45) is 0 Å². The molecule has 2 heterocycles. The van der Waals surface area contributed by atoms with Gasteiger partial charge in [-0.3, -0.25) is 0 Å². The number of halogens is 1. The van der Waals surface area contributed by atoms with Crippen molar-refractivity contribution in [2.75, 3.05) is 6.79 Å². The fourth-order valence-corrected chi connectivity index (χ4v) is 3.77. The molecule has 0 atom stereocenters. The standard InChI is InChI=1S/C17H13BrN2O3S/c1-10-3-2-4-11(5-10)16-19-20-17(23-16)24-8-12-6-14-15(7-13(12)18)22-9-21-14/h2-7H,8-9H2,1H3. The second-order valence-corrected chi connectivity index (χ2v) is 7.11. The molecule has 4 rings (SSSR count). The lowest BCUT2D eigenvalue weighted by molar-refractivity contribution is 0.174. The molecule has 0 fully saturated rings. The lowest BCUT2D eigenvalue weighted by Crippen LogP contribution is -1.92. The lowest BCUT2D eigenvalue weighted by Gasteiger charge is -2.04. The van der Waals surface area contributed by atoms with Crippen LogP contribution in [-0.2, 0) is 5.75 Å². The number of nitrogens with zero attached hydrogens (tertiary/aromatic N) is 2. The molecule has 0 saturated heterocycles. The van der Waals surface area contributed by atoms with Crippen molar-refractivity contribution >= 4 is 27.7 Å². The van der Waals surface area contributed by atoms with Crippen LogP contribution in [0.2, 0.25) is 0 Å². The zero-order valence-corrected chi connectivity index (χ0v) is 15.2. The second kappa shape index (κ2) is 6.49. The van der Waals surface area contributed by atoms with Crippen LogP contribution in [0.25, 0.3) is 11.5 Å². The smallest absolute Gasteiger partial charge is 0.277 e. The Labute approximate surface area is 151 Å². The van der Waals surface area contributed by atoms with Gasteiger partial charge in [-0.1, -0.05) is 45.4 Å². The van der Waals surface area contributed by atoms with Gasteiger partial charge in [0.25, 0.3) is 5.22 Å². The number of ether oxygens (including phenoxy) is 2. The number of aromatic nitrogens is 2. The number of rotatable bonds is 4. The molecule has 122 valence electrons. The molecule has 3 aromatic rings. The third kappa shape index (κ3) is 3.14. The summed E-state index contributed by atoms with van der Waals surface area (Å²) in [6.07, 6.45) is 0. The van der Waals surface area contributed by atoms with Crippen molar-refractivity contribution in [3.8, 4) is 23.0 Å². The number of aryl methyl sites for hydroxylation is 1. The van der Waals surface area contributed by atoms with Gasteiger partial charge in [0.2, 0.25) is 12.7 Å². The van der Waals surface area contributed by atoms with E-state index in [1.807, 2.05) is 43.3 Å². The monoisotopic (exact) mass is 404 g/mol. The highest BCUT2D eigenvalue weighted by Gasteiger charge is 2.17. The zero-order chi connectivity index (χ0) is 16.5. The average Bonchev–Trinajstić information content (AvgIpc) is 3.21. The molecule has 5 nitrogen and oxygen atoms in total. The van der Waals surface area contributed by atoms with Gasteiger partial charge in [-0.2, -0.15) is 0 Å². The van der Waals surface area contributed by atoms with Crippen molar-refractivity contribution in [1.29, 1.82) is 0 Å². The second-order valence-electron chi connectivity index (χ2n) is 5.33. The van der Waals surface area contributed by atoms with Crippen molar-refractivity contribution in [3.05, 3.63) is 52.0 Å². The van der Waals surface area contributed by atoms with E-state index < -0.39 is 0 Å². The summed E-state index contributed by atoms with van der Waals surface area (Å²) in [6.45, 7) is 2.30. The van der Waals surface area contributed by atoms with E-state index in [0.29, 0.717) is 16.9 Å². The summed E-state index contributed by atoms with van der Waals surface area (Å²) in [6, 6.07) is 11.9. The Hall–Kier alpha value is -1.99. The molecule has 2 aromatic carbocycles. The van der Waals surface area contributed by atoms with Crippen molar-refractivity contribution in [3.63, 3.8) is 0 Å². The van der Waals surface area contributed by atoms with Crippen molar-refractivity contribution in [1.82, 2.24) is 10.2 Å². The Morgan fingerprint density at radius 2 is 1.96 bits per heavy atom. The van der Waals surface area contributed by atoms with Crippen LogP contribution in [0.4, 0.5) is 0 Å². The highest BCUT2D eigenvalue weighted by molar-refractivity contribution is 9.10. The number of benzene rings is 2. The van der Waals surface area contributed by atoms with E-state index in [1.165, 1.54) is 11.8 Å². The maximum absolute atomic E-state index is 5.75. The van der Waals surface area contributed by atoms with E-state index in [2.05, 4.69) is 26.1 Å². The van der Waals surface area contributed by atoms with Crippen LogP contribution in [0.15, 0.2) is 50.5 Å². The molecule has 24 heavy (non-hydrogen) atoms. The summed E-state index contributed by atoms with van der Waals surface area (Å²) in [5, 5.41) is 8.78. The van der Waals surface area contributed by atoms with Crippen LogP contribution >= 0.6 is 27.7 Å². The Morgan fingerprint density at radius 3 is 2.79 bits per heavy atom. The first-order valence-corrected chi connectivity index (χ1v) is 9.08. The predicted molar refractivity (Wildman–Crippen MR) is 94.3 cm³/mol. The minimum absolute atomic E-state index is 0.266. The normalized spacial score (nSPS) is 12.6. The van der Waals surface area contributed by atoms with Crippen LogP contribution < -0.4 is 9.47 Å². The van der Waals surface area contributed by atoms with Crippen molar-refractivity contribution in [2.45, 2.75) is 17.9 Å². The first-order valence-electron chi connectivity index (χ1n) is 7.30. The van der Waals surface area contributed by atoms with Gasteiger partial charge in [-0.25, -0.2) is 0 Å². The van der Waals surface area contributed by atoms with Gasteiger partial charge in [-0.05, 0) is 36.8 Å². The van der Waals surface area contributed by atoms with E-state index in [9.17, 15) is 0 Å². The Kier molecular flexibility index (Phi) is 4.20. The topological polar surface area (TPSA) is 57.4 Å². The summed E-state index contributed by atoms with van der Waals surface area (Å²) < 4.78 is 17.5. The molecule has 1 aromatic heterocycles. The van der Waals surface area contributed by atoms with Gasteiger partial charge < -0.3 is 13.9 Å². The fourth-order valence-electron chi connectivity index (χ4n) is 2.37. The van der Waals surface area contributed by atoms with Crippen LogP contribution in [0.3, 0.4) is 0 Å². The Balaban J connectivity index is 1.49. The molecule has 0 N–H and O–H groups in total. The summed E-state index contributed by atoms with van der Waals surface area (Å²) in [5.41, 5.74) is 3.17. The van der Waals surface area contributed by atoms with Crippen LogP contribution in [0, 0.1) is 6.92 Å². The number of hydrogen-bond acceptors (Lipinski definition) is 6. The molecule has 1 aliphatic heterocycles. The molecule has 0 spiro atoms. The zero-order valence-electron chi connectivity index (χ0n) is 12.8. The molecule has 0 saturated carbocycles. The molecule has 1 aliphatic rings. The summed E-state index contributed by atoms with van der Waals surface area (Å²) in [5.74, 6) is 2.74. The minimum Gasteiger partial charge on any atom is -0.454 e. The predicted octanol–water partition coefficient (Wildman–Crippen LogP) is 4.83. The third-order valence-electron chi connectivity index (χ3n) is 3.56. The van der Waals surface area contributed by atoms with E-state index in [1.54, 1.807) is 0 Å². The SMILES string of the molecule is Cc1cccc(-c2nnc(SCc3cc4c(cc3Br)OCO4)o2)c1. The number of hydrogen-bond donors (Lipinski definition) is 0. The number of fused-ring (bicyclic) bond motifs is 1. The Morgan fingerprint density at radius 1 is 1.12 bits per heavy atom. The van der Waals surface area contributed by atoms with Crippen LogP contribution in [-0.4, -0.2) is 17.0 Å². The summed E-state index contributed by atoms with van der Waals surface area (Å²) in [7, 11) is 0. The van der Waals surface area contributed by atoms with Gasteiger partial charge in [-0.15, -0.1) is 10.2 Å². The van der Waals surface area contributed by atoms with E-state index in [0.717, 1.165) is 32.7 Å². The molecule has 0 unspecified atom stereocenters. The fraction of sp³-hybridized carbons (Fsp3) is 0.176. The lowest BCUT2D eigenvalue weighted by atomic mass is 10.1. The highest BCUT2D eigenvalue weighted by Crippen LogP contribution is 2.39. The average molecular weight is 405 g/mol. The third-order valence-corrected chi connectivity index (χ3v) is 5.17. The molecule has 0 amide bonds. The molecule has 0 aliphatic carbocycles. The summed E-state index contributed by atoms with van der Waals surface area (Å²) >= 11 is 5.04. The maximum Gasteiger partial charge on any atom is 0.277 e. The van der Waals surface area contributed by atoms with E-state index in [-0.39, 0.29) is 6.79 Å². The van der Waals surface area contributed by atoms with Gasteiger partial charge >= 0.3 is 0 Å². The molecular formula is C17H13BrN2O3S. The van der Waals surface area contributed by atoms with Crippen LogP contribution in [0.5, 0.6) is 11.5 Å². The minimum atomic E-state index is 0.266. The first-order chi connectivity index (χ1) is 11.7. The first kappa shape index (κ1) is 15.5.